The number of allylic oxidation sites excluding steroid dienone is 1. The van der Waals surface area contributed by atoms with E-state index < -0.39 is 0 Å². The molecule has 0 bridgehead atoms. The first-order valence-electron chi connectivity index (χ1n) is 12.9. The number of benzene rings is 1. The van der Waals surface area contributed by atoms with E-state index in [0.29, 0.717) is 0 Å². The molecule has 2 saturated heterocycles. The highest BCUT2D eigenvalue weighted by atomic mass is 15.2. The van der Waals surface area contributed by atoms with E-state index in [-0.39, 0.29) is 0 Å². The topological polar surface area (TPSA) is 6.48 Å². The van der Waals surface area contributed by atoms with Crippen LogP contribution in [0.5, 0.6) is 0 Å². The largest absolute Gasteiger partial charge is 0.302 e. The Morgan fingerprint density at radius 1 is 0.933 bits per heavy atom. The van der Waals surface area contributed by atoms with Gasteiger partial charge in [0.25, 0.3) is 0 Å². The third-order valence-corrected chi connectivity index (χ3v) is 8.80. The molecule has 164 valence electrons. The summed E-state index contributed by atoms with van der Waals surface area (Å²) < 4.78 is 0. The van der Waals surface area contributed by atoms with E-state index in [9.17, 15) is 0 Å². The first-order chi connectivity index (χ1) is 14.7. The van der Waals surface area contributed by atoms with Crippen molar-refractivity contribution in [1.29, 1.82) is 0 Å². The Hall–Kier alpha value is -1.12. The molecule has 3 fully saturated rings. The van der Waals surface area contributed by atoms with Gasteiger partial charge in [-0.1, -0.05) is 49.1 Å². The van der Waals surface area contributed by atoms with Crippen LogP contribution in [0.25, 0.3) is 5.57 Å². The molecule has 1 aromatic rings. The van der Waals surface area contributed by atoms with E-state index in [4.69, 9.17) is 0 Å². The number of fused-ring (bicyclic) bond motifs is 1. The van der Waals surface area contributed by atoms with Crippen LogP contribution in [0.1, 0.15) is 76.3 Å². The quantitative estimate of drug-likeness (QED) is 0.570. The summed E-state index contributed by atoms with van der Waals surface area (Å²) in [5.41, 5.74) is 6.39. The van der Waals surface area contributed by atoms with Gasteiger partial charge in [-0.2, -0.15) is 0 Å². The van der Waals surface area contributed by atoms with Crippen molar-refractivity contribution in [2.24, 2.45) is 17.8 Å². The minimum atomic E-state index is 0.782. The lowest BCUT2D eigenvalue weighted by atomic mass is 9.89. The Labute approximate surface area is 184 Å². The fourth-order valence-corrected chi connectivity index (χ4v) is 7.11. The summed E-state index contributed by atoms with van der Waals surface area (Å²) in [5.74, 6) is 2.63. The Balaban J connectivity index is 1.20. The van der Waals surface area contributed by atoms with Crippen LogP contribution in [0, 0.1) is 17.8 Å². The van der Waals surface area contributed by atoms with Crippen LogP contribution in [0.2, 0.25) is 0 Å². The molecule has 0 aromatic heterocycles. The van der Waals surface area contributed by atoms with Crippen LogP contribution in [0.15, 0.2) is 29.8 Å². The number of likely N-dealkylation sites (tertiary alicyclic amines) is 2. The standard InChI is InChI=1S/C28H42N2/c1-21-17-26-19-29(18-24-8-4-3-5-9-24)20-27(26)28(21)25-12-10-23(11-13-25)14-16-30-15-6-7-22(30)2/h10-13,22,24,26-27H,3-9,14-20H2,1-2H3. The molecule has 4 aliphatic rings. The minimum Gasteiger partial charge on any atom is -0.302 e. The van der Waals surface area contributed by atoms with Gasteiger partial charge in [-0.3, -0.25) is 0 Å². The molecule has 0 amide bonds. The van der Waals surface area contributed by atoms with Gasteiger partial charge in [0.1, 0.15) is 0 Å². The van der Waals surface area contributed by atoms with Crippen molar-refractivity contribution in [3.8, 4) is 0 Å². The molecule has 30 heavy (non-hydrogen) atoms. The van der Waals surface area contributed by atoms with Gasteiger partial charge in [0, 0.05) is 38.1 Å². The number of hydrogen-bond acceptors (Lipinski definition) is 2. The highest BCUT2D eigenvalue weighted by molar-refractivity contribution is 5.73. The molecule has 0 N–H and O–H groups in total. The van der Waals surface area contributed by atoms with Crippen molar-refractivity contribution in [1.82, 2.24) is 9.80 Å². The van der Waals surface area contributed by atoms with Crippen molar-refractivity contribution < 1.29 is 0 Å². The van der Waals surface area contributed by atoms with Gasteiger partial charge in [-0.25, -0.2) is 0 Å². The fraction of sp³-hybridized carbons (Fsp3) is 0.714. The summed E-state index contributed by atoms with van der Waals surface area (Å²) in [6, 6.07) is 10.5. The van der Waals surface area contributed by atoms with Crippen LogP contribution in [0.4, 0.5) is 0 Å². The second kappa shape index (κ2) is 9.17. The van der Waals surface area contributed by atoms with Gasteiger partial charge in [0.2, 0.25) is 0 Å². The summed E-state index contributed by atoms with van der Waals surface area (Å²) >= 11 is 0. The van der Waals surface area contributed by atoms with Crippen molar-refractivity contribution in [3.63, 3.8) is 0 Å². The van der Waals surface area contributed by atoms with Crippen LogP contribution in [0.3, 0.4) is 0 Å². The molecule has 1 saturated carbocycles. The maximum atomic E-state index is 2.82. The first-order valence-corrected chi connectivity index (χ1v) is 12.9. The molecule has 2 heteroatoms. The van der Waals surface area contributed by atoms with Crippen LogP contribution >= 0.6 is 0 Å². The summed E-state index contributed by atoms with van der Waals surface area (Å²) in [7, 11) is 0. The maximum absolute atomic E-state index is 2.82. The predicted molar refractivity (Wildman–Crippen MR) is 128 cm³/mol. The van der Waals surface area contributed by atoms with Crippen LogP contribution in [-0.4, -0.2) is 48.6 Å². The van der Waals surface area contributed by atoms with E-state index in [2.05, 4.69) is 47.9 Å². The fourth-order valence-electron chi connectivity index (χ4n) is 7.11. The van der Waals surface area contributed by atoms with Gasteiger partial charge < -0.3 is 9.80 Å². The van der Waals surface area contributed by atoms with Crippen molar-refractivity contribution >= 4 is 5.57 Å². The van der Waals surface area contributed by atoms with E-state index in [0.717, 1.165) is 23.8 Å². The highest BCUT2D eigenvalue weighted by Crippen LogP contribution is 2.47. The third-order valence-electron chi connectivity index (χ3n) is 8.80. The van der Waals surface area contributed by atoms with E-state index >= 15 is 0 Å². The Bertz CT molecular complexity index is 742. The molecule has 2 nitrogen and oxygen atoms in total. The van der Waals surface area contributed by atoms with E-state index in [1.165, 1.54) is 102 Å². The van der Waals surface area contributed by atoms with Crippen LogP contribution < -0.4 is 0 Å². The number of nitrogens with zero attached hydrogens (tertiary/aromatic N) is 2. The smallest absolute Gasteiger partial charge is 0.00675 e. The van der Waals surface area contributed by atoms with Gasteiger partial charge in [0.15, 0.2) is 0 Å². The second-order valence-electron chi connectivity index (χ2n) is 11.0. The lowest BCUT2D eigenvalue weighted by molar-refractivity contribution is 0.226. The van der Waals surface area contributed by atoms with E-state index in [1.54, 1.807) is 11.1 Å². The lowest BCUT2D eigenvalue weighted by Gasteiger charge is -2.27. The van der Waals surface area contributed by atoms with Gasteiger partial charge in [-0.15, -0.1) is 0 Å². The van der Waals surface area contributed by atoms with Crippen molar-refractivity contribution in [3.05, 3.63) is 41.0 Å². The summed E-state index contributed by atoms with van der Waals surface area (Å²) in [4.78, 5) is 5.49. The Kier molecular flexibility index (Phi) is 6.34. The average molecular weight is 407 g/mol. The predicted octanol–water partition coefficient (Wildman–Crippen LogP) is 6.02. The van der Waals surface area contributed by atoms with Crippen molar-refractivity contribution in [2.75, 3.05) is 32.7 Å². The normalized spacial score (nSPS) is 31.1. The molecule has 1 aromatic carbocycles. The molecule has 2 aliphatic heterocycles. The van der Waals surface area contributed by atoms with E-state index in [1.807, 2.05) is 0 Å². The SMILES string of the molecule is CC1=C(c2ccc(CCN3CCCC3C)cc2)C2CN(CC3CCCCC3)CC2C1. The zero-order valence-electron chi connectivity index (χ0n) is 19.4. The average Bonchev–Trinajstić information content (AvgIpc) is 3.41. The van der Waals surface area contributed by atoms with Gasteiger partial charge in [-0.05, 0) is 87.5 Å². The molecule has 2 heterocycles. The highest BCUT2D eigenvalue weighted by Gasteiger charge is 2.41. The molecule has 3 atom stereocenters. The zero-order valence-corrected chi connectivity index (χ0v) is 19.4. The summed E-state index contributed by atoms with van der Waals surface area (Å²) in [6.45, 7) is 11.3. The molecule has 2 aliphatic carbocycles. The number of rotatable bonds is 6. The number of hydrogen-bond donors (Lipinski definition) is 0. The summed E-state index contributed by atoms with van der Waals surface area (Å²) in [6.07, 6.45) is 12.7. The van der Waals surface area contributed by atoms with Crippen LogP contribution in [-0.2, 0) is 6.42 Å². The first kappa shape index (κ1) is 20.8. The molecule has 3 unspecified atom stereocenters. The molecular formula is C28H42N2. The second-order valence-corrected chi connectivity index (χ2v) is 11.0. The van der Waals surface area contributed by atoms with Gasteiger partial charge >= 0.3 is 0 Å². The van der Waals surface area contributed by atoms with Crippen molar-refractivity contribution in [2.45, 2.75) is 77.7 Å². The molecular weight excluding hydrogens is 364 g/mol. The minimum absolute atomic E-state index is 0.782. The summed E-state index contributed by atoms with van der Waals surface area (Å²) in [5, 5.41) is 0. The maximum Gasteiger partial charge on any atom is 0.00675 e. The Morgan fingerprint density at radius 3 is 2.47 bits per heavy atom. The van der Waals surface area contributed by atoms with Gasteiger partial charge in [0.05, 0.1) is 0 Å². The molecule has 5 rings (SSSR count). The zero-order chi connectivity index (χ0) is 20.5. The Morgan fingerprint density at radius 2 is 1.73 bits per heavy atom. The third kappa shape index (κ3) is 4.41. The molecule has 0 spiro atoms. The monoisotopic (exact) mass is 406 g/mol. The molecule has 0 radical (unpaired) electrons. The lowest BCUT2D eigenvalue weighted by Crippen LogP contribution is -2.29.